The van der Waals surface area contributed by atoms with Gasteiger partial charge in [0.15, 0.2) is 0 Å². The van der Waals surface area contributed by atoms with Gasteiger partial charge in [0.1, 0.15) is 23.0 Å². The molecule has 0 aliphatic carbocycles. The predicted molar refractivity (Wildman–Crippen MR) is 137 cm³/mol. The highest BCUT2D eigenvalue weighted by Crippen LogP contribution is 2.49. The second-order valence-electron chi connectivity index (χ2n) is 13.5. The van der Waals surface area contributed by atoms with Gasteiger partial charge in [0, 0.05) is 39.8 Å². The molecule has 0 saturated carbocycles. The van der Waals surface area contributed by atoms with Crippen LogP contribution in [0.2, 0.25) is 0 Å². The van der Waals surface area contributed by atoms with E-state index >= 15 is 0 Å². The van der Waals surface area contributed by atoms with Gasteiger partial charge >= 0.3 is 0 Å². The summed E-state index contributed by atoms with van der Waals surface area (Å²) in [7, 11) is 0. The van der Waals surface area contributed by atoms with Crippen LogP contribution in [0, 0.1) is 0 Å². The quantitative estimate of drug-likeness (QED) is 0.382. The number of phenolic OH excluding ortho intramolecular Hbond substituents is 4. The molecular weight excluding hydrogens is 412 g/mol. The molecule has 0 radical (unpaired) electrons. The van der Waals surface area contributed by atoms with Gasteiger partial charge in [-0.1, -0.05) is 83.1 Å². The maximum absolute atomic E-state index is 11.3. The standard InChI is InChI=1S/C29H44O4/c1-26(2,3)18-14-19(27(4,5)6)23(31)16(22(18)30)13-17-24(32)20(28(7,8)9)15-21(25(17)33)29(10,11)12/h14-15,30-33H,13H2,1-12H3. The first-order valence-electron chi connectivity index (χ1n) is 11.8. The topological polar surface area (TPSA) is 80.9 Å². The Balaban J connectivity index is 2.96. The molecule has 2 rings (SSSR count). The average molecular weight is 457 g/mol. The summed E-state index contributed by atoms with van der Waals surface area (Å²) in [5.41, 5.74) is 2.10. The molecule has 0 heterocycles. The first kappa shape index (κ1) is 26.9. The monoisotopic (exact) mass is 456 g/mol. The van der Waals surface area contributed by atoms with Gasteiger partial charge in [-0.3, -0.25) is 0 Å². The van der Waals surface area contributed by atoms with Crippen molar-refractivity contribution in [2.45, 2.75) is 111 Å². The summed E-state index contributed by atoms with van der Waals surface area (Å²) < 4.78 is 0. The van der Waals surface area contributed by atoms with Crippen LogP contribution < -0.4 is 0 Å². The Kier molecular flexibility index (Phi) is 6.64. The van der Waals surface area contributed by atoms with E-state index in [4.69, 9.17) is 0 Å². The zero-order valence-electron chi connectivity index (χ0n) is 22.7. The van der Waals surface area contributed by atoms with Crippen LogP contribution in [0.3, 0.4) is 0 Å². The van der Waals surface area contributed by atoms with Crippen LogP contribution in [-0.2, 0) is 28.1 Å². The number of phenols is 4. The van der Waals surface area contributed by atoms with Gasteiger partial charge < -0.3 is 20.4 Å². The molecule has 2 aromatic carbocycles. The van der Waals surface area contributed by atoms with E-state index in [1.54, 1.807) is 0 Å². The number of benzene rings is 2. The zero-order chi connectivity index (χ0) is 25.9. The summed E-state index contributed by atoms with van der Waals surface area (Å²) in [5.74, 6) is 0.0195. The van der Waals surface area contributed by atoms with E-state index in [9.17, 15) is 20.4 Å². The van der Waals surface area contributed by atoms with Crippen LogP contribution in [0.5, 0.6) is 23.0 Å². The van der Waals surface area contributed by atoms with Gasteiger partial charge in [-0.05, 0) is 33.8 Å². The molecule has 184 valence electrons. The first-order chi connectivity index (χ1) is 14.6. The SMILES string of the molecule is CC(C)(C)c1cc(C(C)(C)C)c(O)c(Cc2c(O)c(C(C)(C)C)cc(C(C)(C)C)c2O)c1O. The maximum Gasteiger partial charge on any atom is 0.126 e. The summed E-state index contributed by atoms with van der Waals surface area (Å²) in [4.78, 5) is 0. The van der Waals surface area contributed by atoms with Crippen LogP contribution in [0.15, 0.2) is 12.1 Å². The minimum atomic E-state index is -0.361. The van der Waals surface area contributed by atoms with E-state index < -0.39 is 0 Å². The molecule has 0 atom stereocenters. The molecule has 4 N–H and O–H groups in total. The second kappa shape index (κ2) is 8.14. The minimum absolute atomic E-state index is 0.00488. The Labute approximate surface area is 200 Å². The molecule has 4 nitrogen and oxygen atoms in total. The Morgan fingerprint density at radius 3 is 0.758 bits per heavy atom. The minimum Gasteiger partial charge on any atom is -0.507 e. The molecule has 2 aromatic rings. The predicted octanol–water partition coefficient (Wildman–Crippen LogP) is 7.29. The fraction of sp³-hybridized carbons (Fsp3) is 0.586. The molecule has 0 aliphatic heterocycles. The van der Waals surface area contributed by atoms with E-state index in [2.05, 4.69) is 0 Å². The van der Waals surface area contributed by atoms with Gasteiger partial charge in [0.25, 0.3) is 0 Å². The third kappa shape index (κ3) is 5.26. The average Bonchev–Trinajstić information content (AvgIpc) is 2.56. The number of rotatable bonds is 2. The third-order valence-corrected chi connectivity index (χ3v) is 6.33. The fourth-order valence-electron chi connectivity index (χ4n) is 4.24. The number of aromatic hydroxyl groups is 4. The van der Waals surface area contributed by atoms with Crippen LogP contribution in [0.4, 0.5) is 0 Å². The molecule has 0 aromatic heterocycles. The molecule has 0 aliphatic rings. The van der Waals surface area contributed by atoms with Gasteiger partial charge in [0.05, 0.1) is 0 Å². The molecular formula is C29H44O4. The summed E-state index contributed by atoms with van der Waals surface area (Å²) in [6.07, 6.45) is 0.00926. The van der Waals surface area contributed by atoms with Crippen molar-refractivity contribution in [2.75, 3.05) is 0 Å². The van der Waals surface area contributed by atoms with E-state index in [1.807, 2.05) is 95.2 Å². The van der Waals surface area contributed by atoms with Crippen LogP contribution >= 0.6 is 0 Å². The van der Waals surface area contributed by atoms with E-state index in [-0.39, 0.29) is 51.1 Å². The Bertz CT molecular complexity index is 888. The lowest BCUT2D eigenvalue weighted by atomic mass is 9.75. The smallest absolute Gasteiger partial charge is 0.126 e. The van der Waals surface area contributed by atoms with Crippen molar-refractivity contribution in [3.8, 4) is 23.0 Å². The Morgan fingerprint density at radius 2 is 0.606 bits per heavy atom. The van der Waals surface area contributed by atoms with Crippen LogP contribution in [0.1, 0.15) is 116 Å². The number of hydrogen-bond acceptors (Lipinski definition) is 4. The normalized spacial score (nSPS) is 13.5. The third-order valence-electron chi connectivity index (χ3n) is 6.33. The van der Waals surface area contributed by atoms with Crippen molar-refractivity contribution in [3.05, 3.63) is 45.5 Å². The van der Waals surface area contributed by atoms with Crippen molar-refractivity contribution >= 4 is 0 Å². The highest BCUT2D eigenvalue weighted by molar-refractivity contribution is 5.63. The summed E-state index contributed by atoms with van der Waals surface area (Å²) >= 11 is 0. The van der Waals surface area contributed by atoms with E-state index in [0.717, 1.165) is 22.3 Å². The molecule has 0 fully saturated rings. The van der Waals surface area contributed by atoms with Crippen molar-refractivity contribution in [2.24, 2.45) is 0 Å². The summed E-state index contributed by atoms with van der Waals surface area (Å²) in [5, 5.41) is 45.1. The molecule has 0 saturated heterocycles. The molecule has 33 heavy (non-hydrogen) atoms. The summed E-state index contributed by atoms with van der Waals surface area (Å²) in [6.45, 7) is 24.2. The molecule has 0 spiro atoms. The molecule has 0 unspecified atom stereocenters. The lowest BCUT2D eigenvalue weighted by molar-refractivity contribution is 0.399. The van der Waals surface area contributed by atoms with Crippen LogP contribution in [0.25, 0.3) is 0 Å². The van der Waals surface area contributed by atoms with Crippen molar-refractivity contribution in [3.63, 3.8) is 0 Å². The van der Waals surface area contributed by atoms with Crippen LogP contribution in [-0.4, -0.2) is 20.4 Å². The van der Waals surface area contributed by atoms with Crippen molar-refractivity contribution in [1.29, 1.82) is 0 Å². The lowest BCUT2D eigenvalue weighted by Gasteiger charge is -2.30. The van der Waals surface area contributed by atoms with Crippen molar-refractivity contribution < 1.29 is 20.4 Å². The lowest BCUT2D eigenvalue weighted by Crippen LogP contribution is -2.19. The maximum atomic E-state index is 11.3. The molecule has 0 amide bonds. The Hall–Kier alpha value is -2.36. The van der Waals surface area contributed by atoms with Gasteiger partial charge in [-0.15, -0.1) is 0 Å². The summed E-state index contributed by atoms with van der Waals surface area (Å²) in [6, 6.07) is 3.75. The van der Waals surface area contributed by atoms with Gasteiger partial charge in [0.2, 0.25) is 0 Å². The van der Waals surface area contributed by atoms with E-state index in [1.165, 1.54) is 0 Å². The van der Waals surface area contributed by atoms with Gasteiger partial charge in [-0.2, -0.15) is 0 Å². The fourth-order valence-corrected chi connectivity index (χ4v) is 4.24. The second-order valence-corrected chi connectivity index (χ2v) is 13.5. The first-order valence-corrected chi connectivity index (χ1v) is 11.8. The highest BCUT2D eigenvalue weighted by atomic mass is 16.3. The zero-order valence-corrected chi connectivity index (χ0v) is 22.7. The molecule has 4 heteroatoms. The largest absolute Gasteiger partial charge is 0.507 e. The number of hydrogen-bond donors (Lipinski definition) is 4. The molecule has 0 bridgehead atoms. The van der Waals surface area contributed by atoms with E-state index in [0.29, 0.717) is 11.1 Å². The highest BCUT2D eigenvalue weighted by Gasteiger charge is 2.33. The van der Waals surface area contributed by atoms with Crippen molar-refractivity contribution in [1.82, 2.24) is 0 Å². The Morgan fingerprint density at radius 1 is 0.424 bits per heavy atom. The van der Waals surface area contributed by atoms with Gasteiger partial charge in [-0.25, -0.2) is 0 Å².